The lowest BCUT2D eigenvalue weighted by Gasteiger charge is -2.07. The Morgan fingerprint density at radius 2 is 2.08 bits per heavy atom. The van der Waals surface area contributed by atoms with E-state index in [1.54, 1.807) is 12.1 Å². The number of thioether (sulfide) groups is 1. The van der Waals surface area contributed by atoms with Crippen LogP contribution in [0.1, 0.15) is 11.1 Å². The fraction of sp³-hybridized carbons (Fsp3) is 0.167. The van der Waals surface area contributed by atoms with Gasteiger partial charge in [0.2, 0.25) is 11.1 Å². The van der Waals surface area contributed by atoms with E-state index in [2.05, 4.69) is 20.5 Å². The van der Waals surface area contributed by atoms with Crippen LogP contribution in [0.3, 0.4) is 0 Å². The van der Waals surface area contributed by atoms with E-state index in [9.17, 15) is 4.79 Å². The summed E-state index contributed by atoms with van der Waals surface area (Å²) in [7, 11) is 0. The van der Waals surface area contributed by atoms with Gasteiger partial charge in [0.1, 0.15) is 0 Å². The van der Waals surface area contributed by atoms with E-state index in [0.29, 0.717) is 21.7 Å². The Labute approximate surface area is 155 Å². The lowest BCUT2D eigenvalue weighted by atomic mass is 10.1. The van der Waals surface area contributed by atoms with Crippen molar-refractivity contribution in [1.82, 2.24) is 15.2 Å². The van der Waals surface area contributed by atoms with Gasteiger partial charge in [-0.05, 0) is 37.6 Å². The topological polar surface area (TPSA) is 70.7 Å². The molecule has 0 atom stereocenters. The molecule has 0 bridgehead atoms. The van der Waals surface area contributed by atoms with Crippen molar-refractivity contribution in [3.05, 3.63) is 58.6 Å². The Morgan fingerprint density at radius 1 is 1.24 bits per heavy atom. The van der Waals surface area contributed by atoms with E-state index in [4.69, 9.17) is 11.6 Å². The van der Waals surface area contributed by atoms with Gasteiger partial charge >= 0.3 is 0 Å². The average Bonchev–Trinajstić information content (AvgIpc) is 3.05. The minimum Gasteiger partial charge on any atom is -0.325 e. The molecule has 0 saturated heterocycles. The number of nitrogens with zero attached hydrogens (tertiary/aromatic N) is 2. The van der Waals surface area contributed by atoms with Crippen LogP contribution in [0.25, 0.3) is 11.4 Å². The van der Waals surface area contributed by atoms with Gasteiger partial charge in [-0.3, -0.25) is 9.89 Å². The van der Waals surface area contributed by atoms with Crippen molar-refractivity contribution in [3.63, 3.8) is 0 Å². The first-order valence-corrected chi connectivity index (χ1v) is 9.06. The summed E-state index contributed by atoms with van der Waals surface area (Å²) in [6.45, 7) is 3.94. The van der Waals surface area contributed by atoms with E-state index in [-0.39, 0.29) is 11.7 Å². The van der Waals surface area contributed by atoms with Crippen molar-refractivity contribution >= 4 is 35.0 Å². The van der Waals surface area contributed by atoms with Gasteiger partial charge in [-0.25, -0.2) is 4.98 Å². The fourth-order valence-corrected chi connectivity index (χ4v) is 3.05. The molecule has 2 N–H and O–H groups in total. The monoisotopic (exact) mass is 372 g/mol. The number of H-pyrrole nitrogens is 1. The van der Waals surface area contributed by atoms with E-state index in [1.165, 1.54) is 11.8 Å². The highest BCUT2D eigenvalue weighted by atomic mass is 35.5. The molecule has 1 aromatic heterocycles. The number of aromatic amines is 1. The molecule has 1 amide bonds. The summed E-state index contributed by atoms with van der Waals surface area (Å²) in [5, 5.41) is 11.0. The molecule has 0 aliphatic rings. The third kappa shape index (κ3) is 4.61. The zero-order valence-electron chi connectivity index (χ0n) is 13.8. The number of hydrogen-bond acceptors (Lipinski definition) is 4. The Kier molecular flexibility index (Phi) is 5.40. The van der Waals surface area contributed by atoms with Crippen molar-refractivity contribution in [2.24, 2.45) is 0 Å². The van der Waals surface area contributed by atoms with Crippen molar-refractivity contribution < 1.29 is 4.79 Å². The number of carbonyl (C=O) groups is 1. The Bertz CT molecular complexity index is 910. The van der Waals surface area contributed by atoms with Crippen LogP contribution in [-0.4, -0.2) is 26.8 Å². The number of halogens is 1. The average molecular weight is 373 g/mol. The molecule has 0 aliphatic heterocycles. The first kappa shape index (κ1) is 17.5. The number of aromatic nitrogens is 3. The van der Waals surface area contributed by atoms with Crippen LogP contribution in [0, 0.1) is 13.8 Å². The van der Waals surface area contributed by atoms with E-state index in [1.807, 2.05) is 44.2 Å². The minimum absolute atomic E-state index is 0.128. The highest BCUT2D eigenvalue weighted by molar-refractivity contribution is 7.99. The number of amides is 1. The Morgan fingerprint density at radius 3 is 2.88 bits per heavy atom. The molecule has 0 spiro atoms. The zero-order valence-corrected chi connectivity index (χ0v) is 15.4. The van der Waals surface area contributed by atoms with Crippen molar-refractivity contribution in [2.45, 2.75) is 19.0 Å². The number of carbonyl (C=O) groups excluding carboxylic acids is 1. The number of rotatable bonds is 5. The lowest BCUT2D eigenvalue weighted by Crippen LogP contribution is -2.14. The van der Waals surface area contributed by atoms with Crippen LogP contribution in [0.15, 0.2) is 47.6 Å². The minimum atomic E-state index is -0.128. The smallest absolute Gasteiger partial charge is 0.234 e. The van der Waals surface area contributed by atoms with Gasteiger partial charge in [0.25, 0.3) is 0 Å². The molecule has 128 valence electrons. The van der Waals surface area contributed by atoms with Gasteiger partial charge in [-0.2, -0.15) is 0 Å². The molecule has 0 unspecified atom stereocenters. The van der Waals surface area contributed by atoms with Gasteiger partial charge in [0.05, 0.1) is 5.75 Å². The molecular weight excluding hydrogens is 356 g/mol. The molecule has 0 saturated carbocycles. The molecular formula is C18H17ClN4OS. The van der Waals surface area contributed by atoms with E-state index < -0.39 is 0 Å². The maximum atomic E-state index is 12.1. The van der Waals surface area contributed by atoms with Crippen LogP contribution in [-0.2, 0) is 4.79 Å². The number of nitrogens with one attached hydrogen (secondary N) is 2. The summed E-state index contributed by atoms with van der Waals surface area (Å²) in [6.07, 6.45) is 0. The summed E-state index contributed by atoms with van der Waals surface area (Å²) in [6, 6.07) is 13.4. The van der Waals surface area contributed by atoms with E-state index >= 15 is 0 Å². The predicted octanol–water partition coefficient (Wildman–Crippen LogP) is 4.47. The van der Waals surface area contributed by atoms with Crippen molar-refractivity contribution in [2.75, 3.05) is 11.1 Å². The molecule has 25 heavy (non-hydrogen) atoms. The van der Waals surface area contributed by atoms with Gasteiger partial charge in [-0.15, -0.1) is 5.10 Å². The lowest BCUT2D eigenvalue weighted by molar-refractivity contribution is -0.113. The zero-order chi connectivity index (χ0) is 17.8. The predicted molar refractivity (Wildman–Crippen MR) is 102 cm³/mol. The van der Waals surface area contributed by atoms with Crippen molar-refractivity contribution in [1.29, 1.82) is 0 Å². The van der Waals surface area contributed by atoms with Crippen LogP contribution >= 0.6 is 23.4 Å². The third-order valence-electron chi connectivity index (χ3n) is 3.56. The quantitative estimate of drug-likeness (QED) is 0.648. The summed E-state index contributed by atoms with van der Waals surface area (Å²) < 4.78 is 0. The molecule has 5 nitrogen and oxygen atoms in total. The molecule has 7 heteroatoms. The molecule has 3 rings (SSSR count). The molecule has 3 aromatic rings. The molecule has 2 aromatic carbocycles. The van der Waals surface area contributed by atoms with Gasteiger partial charge in [0, 0.05) is 16.3 Å². The van der Waals surface area contributed by atoms with Gasteiger partial charge in [0.15, 0.2) is 5.82 Å². The fourth-order valence-electron chi connectivity index (χ4n) is 2.28. The molecule has 0 aliphatic carbocycles. The van der Waals surface area contributed by atoms with Crippen LogP contribution in [0.2, 0.25) is 5.02 Å². The number of hydrogen-bond donors (Lipinski definition) is 2. The SMILES string of the molecule is Cc1cccc(-c2nc(SCC(=O)Nc3cc(Cl)ccc3C)n[nH]2)c1. The van der Waals surface area contributed by atoms with Crippen LogP contribution in [0.5, 0.6) is 0 Å². The summed E-state index contributed by atoms with van der Waals surface area (Å²) in [5.74, 6) is 0.784. The summed E-state index contributed by atoms with van der Waals surface area (Å²) in [4.78, 5) is 16.6. The van der Waals surface area contributed by atoms with Crippen LogP contribution < -0.4 is 5.32 Å². The summed E-state index contributed by atoms with van der Waals surface area (Å²) >= 11 is 7.24. The second kappa shape index (κ2) is 7.72. The van der Waals surface area contributed by atoms with Crippen molar-refractivity contribution in [3.8, 4) is 11.4 Å². The van der Waals surface area contributed by atoms with Gasteiger partial charge in [-0.1, -0.05) is 53.2 Å². The second-order valence-electron chi connectivity index (χ2n) is 5.63. The number of aryl methyl sites for hydroxylation is 2. The van der Waals surface area contributed by atoms with E-state index in [0.717, 1.165) is 16.7 Å². The van der Waals surface area contributed by atoms with Gasteiger partial charge < -0.3 is 5.32 Å². The Hall–Kier alpha value is -2.31. The first-order valence-electron chi connectivity index (χ1n) is 7.69. The normalized spacial score (nSPS) is 10.7. The molecule has 1 heterocycles. The first-order chi connectivity index (χ1) is 12.0. The largest absolute Gasteiger partial charge is 0.325 e. The van der Waals surface area contributed by atoms with Crippen LogP contribution in [0.4, 0.5) is 5.69 Å². The highest BCUT2D eigenvalue weighted by Crippen LogP contribution is 2.22. The summed E-state index contributed by atoms with van der Waals surface area (Å²) in [5.41, 5.74) is 3.80. The maximum absolute atomic E-state index is 12.1. The second-order valence-corrected chi connectivity index (χ2v) is 7.01. The maximum Gasteiger partial charge on any atom is 0.234 e. The molecule has 0 radical (unpaired) electrons. The third-order valence-corrected chi connectivity index (χ3v) is 4.64. The number of benzene rings is 2. The standard InChI is InChI=1S/C18H17ClN4OS/c1-11-4-3-5-13(8-11)17-21-18(23-22-17)25-10-16(24)20-15-9-14(19)7-6-12(15)2/h3-9H,10H2,1-2H3,(H,20,24)(H,21,22,23). The highest BCUT2D eigenvalue weighted by Gasteiger charge is 2.10. The Balaban J connectivity index is 1.60. The molecule has 0 fully saturated rings. The number of anilines is 1.